The Morgan fingerprint density at radius 3 is 1.53 bits per heavy atom. The zero-order valence-electron chi connectivity index (χ0n) is 13.0. The van der Waals surface area contributed by atoms with Crippen LogP contribution in [-0.4, -0.2) is 37.2 Å². The summed E-state index contributed by atoms with van der Waals surface area (Å²) in [6.07, 6.45) is 7.98. The maximum Gasteiger partial charge on any atom is 0.0380 e. The Balaban J connectivity index is 2.78. The monoisotopic (exact) mass is 297 g/mol. The first-order valence-corrected chi connectivity index (χ1v) is 11.3. The summed E-state index contributed by atoms with van der Waals surface area (Å²) in [4.78, 5) is 2.66. The van der Waals surface area contributed by atoms with E-state index in [9.17, 15) is 0 Å². The van der Waals surface area contributed by atoms with Crippen LogP contribution < -0.4 is 4.90 Å². The highest BCUT2D eigenvalue weighted by Gasteiger charge is 2.14. The quantitative estimate of drug-likeness (QED) is 0.548. The third-order valence-corrected chi connectivity index (χ3v) is 8.71. The SMILES string of the molecule is CCP(CC)CN(CP(CC)CC)c1ccccc1. The molecule has 0 unspecified atom stereocenters. The summed E-state index contributed by atoms with van der Waals surface area (Å²) in [5.41, 5.74) is 1.42. The standard InChI is InChI=1S/C16H29NP2/c1-5-18(6-2)14-17(15-19(7-3)8-4)16-12-10-9-11-13-16/h9-13H,5-8,14-15H2,1-4H3. The molecule has 19 heavy (non-hydrogen) atoms. The van der Waals surface area contributed by atoms with E-state index in [1.165, 1.54) is 42.9 Å². The molecule has 0 amide bonds. The Labute approximate surface area is 122 Å². The summed E-state index contributed by atoms with van der Waals surface area (Å²) in [5.74, 6) is 0. The number of nitrogens with zero attached hydrogens (tertiary/aromatic N) is 1. The van der Waals surface area contributed by atoms with Crippen molar-refractivity contribution < 1.29 is 0 Å². The van der Waals surface area contributed by atoms with Gasteiger partial charge in [-0.3, -0.25) is 0 Å². The third-order valence-electron chi connectivity index (χ3n) is 3.65. The molecule has 0 fully saturated rings. The fourth-order valence-corrected chi connectivity index (χ4v) is 5.52. The van der Waals surface area contributed by atoms with E-state index in [1.807, 2.05) is 0 Å². The van der Waals surface area contributed by atoms with Gasteiger partial charge in [0.05, 0.1) is 0 Å². The summed E-state index contributed by atoms with van der Waals surface area (Å²) < 4.78 is 0. The van der Waals surface area contributed by atoms with E-state index in [0.29, 0.717) is 0 Å². The number of hydrogen-bond acceptors (Lipinski definition) is 1. The van der Waals surface area contributed by atoms with Gasteiger partial charge in [0.15, 0.2) is 0 Å². The zero-order chi connectivity index (χ0) is 14.1. The predicted molar refractivity (Wildman–Crippen MR) is 94.7 cm³/mol. The van der Waals surface area contributed by atoms with Gasteiger partial charge in [0, 0.05) is 18.3 Å². The highest BCUT2D eigenvalue weighted by molar-refractivity contribution is 7.58. The lowest BCUT2D eigenvalue weighted by Gasteiger charge is -2.32. The summed E-state index contributed by atoms with van der Waals surface area (Å²) >= 11 is 0. The van der Waals surface area contributed by atoms with E-state index in [2.05, 4.69) is 62.9 Å². The number of benzene rings is 1. The van der Waals surface area contributed by atoms with Crippen molar-refractivity contribution in [1.82, 2.24) is 0 Å². The second kappa shape index (κ2) is 9.73. The van der Waals surface area contributed by atoms with Crippen molar-refractivity contribution in [2.75, 3.05) is 42.1 Å². The van der Waals surface area contributed by atoms with Crippen LogP contribution in [0, 0.1) is 0 Å². The largest absolute Gasteiger partial charge is 0.363 e. The predicted octanol–water partition coefficient (Wildman–Crippen LogP) is 5.45. The summed E-state index contributed by atoms with van der Waals surface area (Å²) in [5, 5.41) is 0. The van der Waals surface area contributed by atoms with Crippen molar-refractivity contribution >= 4 is 21.5 Å². The van der Waals surface area contributed by atoms with Gasteiger partial charge in [-0.1, -0.05) is 61.7 Å². The molecule has 108 valence electrons. The van der Waals surface area contributed by atoms with Gasteiger partial charge in [0.1, 0.15) is 0 Å². The van der Waals surface area contributed by atoms with Crippen LogP contribution in [0.4, 0.5) is 5.69 Å². The van der Waals surface area contributed by atoms with Gasteiger partial charge in [0.2, 0.25) is 0 Å². The molecule has 1 aromatic carbocycles. The summed E-state index contributed by atoms with van der Waals surface area (Å²) in [7, 11) is 0.353. The van der Waals surface area contributed by atoms with Crippen LogP contribution in [0.15, 0.2) is 30.3 Å². The molecule has 0 aromatic heterocycles. The van der Waals surface area contributed by atoms with Crippen molar-refractivity contribution in [1.29, 1.82) is 0 Å². The molecule has 0 N–H and O–H groups in total. The minimum absolute atomic E-state index is 0.176. The van der Waals surface area contributed by atoms with Gasteiger partial charge >= 0.3 is 0 Å². The Hall–Kier alpha value is -0.120. The molecular formula is C16H29NP2. The topological polar surface area (TPSA) is 3.24 Å². The Morgan fingerprint density at radius 1 is 0.737 bits per heavy atom. The van der Waals surface area contributed by atoms with Crippen molar-refractivity contribution in [3.63, 3.8) is 0 Å². The second-order valence-corrected chi connectivity index (χ2v) is 10.5. The molecular weight excluding hydrogens is 268 g/mol. The molecule has 1 aromatic rings. The summed E-state index contributed by atoms with van der Waals surface area (Å²) in [6.45, 7) is 9.39. The van der Waals surface area contributed by atoms with E-state index in [-0.39, 0.29) is 15.8 Å². The third kappa shape index (κ3) is 5.80. The number of rotatable bonds is 9. The van der Waals surface area contributed by atoms with Crippen LogP contribution in [0.1, 0.15) is 27.7 Å². The van der Waals surface area contributed by atoms with Crippen LogP contribution in [0.3, 0.4) is 0 Å². The Morgan fingerprint density at radius 2 is 1.16 bits per heavy atom. The van der Waals surface area contributed by atoms with Crippen molar-refractivity contribution in [3.05, 3.63) is 30.3 Å². The van der Waals surface area contributed by atoms with Gasteiger partial charge in [-0.25, -0.2) is 0 Å². The lowest BCUT2D eigenvalue weighted by molar-refractivity contribution is 1.03. The molecule has 0 aliphatic heterocycles. The first kappa shape index (κ1) is 16.9. The molecule has 0 radical (unpaired) electrons. The van der Waals surface area contributed by atoms with E-state index < -0.39 is 0 Å². The second-order valence-electron chi connectivity index (χ2n) is 4.76. The van der Waals surface area contributed by atoms with Crippen LogP contribution in [0.2, 0.25) is 0 Å². The molecule has 0 atom stereocenters. The minimum atomic E-state index is 0.176. The summed E-state index contributed by atoms with van der Waals surface area (Å²) in [6, 6.07) is 11.0. The van der Waals surface area contributed by atoms with Gasteiger partial charge in [0.25, 0.3) is 0 Å². The molecule has 0 spiro atoms. The first-order valence-electron chi connectivity index (χ1n) is 7.49. The Bertz CT molecular complexity index is 307. The fraction of sp³-hybridized carbons (Fsp3) is 0.625. The van der Waals surface area contributed by atoms with Crippen LogP contribution in [0.25, 0.3) is 0 Å². The number of para-hydroxylation sites is 1. The molecule has 0 bridgehead atoms. The average Bonchev–Trinajstić information content (AvgIpc) is 2.48. The zero-order valence-corrected chi connectivity index (χ0v) is 14.8. The van der Waals surface area contributed by atoms with Crippen molar-refractivity contribution in [2.45, 2.75) is 27.7 Å². The van der Waals surface area contributed by atoms with Crippen LogP contribution in [0.5, 0.6) is 0 Å². The van der Waals surface area contributed by atoms with E-state index in [0.717, 1.165) is 0 Å². The van der Waals surface area contributed by atoms with Crippen molar-refractivity contribution in [3.8, 4) is 0 Å². The fourth-order valence-electron chi connectivity index (χ4n) is 2.18. The molecule has 0 saturated carbocycles. The van der Waals surface area contributed by atoms with Gasteiger partial charge in [-0.15, -0.1) is 0 Å². The van der Waals surface area contributed by atoms with Gasteiger partial charge in [-0.2, -0.15) is 0 Å². The highest BCUT2D eigenvalue weighted by atomic mass is 31.1. The molecule has 0 aliphatic rings. The van der Waals surface area contributed by atoms with Gasteiger partial charge in [-0.05, 0) is 36.8 Å². The minimum Gasteiger partial charge on any atom is -0.363 e. The maximum atomic E-state index is 2.66. The smallest absolute Gasteiger partial charge is 0.0380 e. The van der Waals surface area contributed by atoms with Crippen LogP contribution >= 0.6 is 15.8 Å². The molecule has 0 saturated heterocycles. The Kier molecular flexibility index (Phi) is 8.67. The molecule has 1 rings (SSSR count). The molecule has 1 nitrogen and oxygen atoms in total. The maximum absolute atomic E-state index is 2.66. The van der Waals surface area contributed by atoms with Crippen LogP contribution in [-0.2, 0) is 0 Å². The van der Waals surface area contributed by atoms with Gasteiger partial charge < -0.3 is 4.90 Å². The molecule has 0 heterocycles. The average molecular weight is 297 g/mol. The highest BCUT2D eigenvalue weighted by Crippen LogP contribution is 2.41. The molecule has 3 heteroatoms. The van der Waals surface area contributed by atoms with E-state index >= 15 is 0 Å². The van der Waals surface area contributed by atoms with E-state index in [1.54, 1.807) is 0 Å². The first-order chi connectivity index (χ1) is 9.24. The lowest BCUT2D eigenvalue weighted by Crippen LogP contribution is -2.25. The molecule has 0 aliphatic carbocycles. The number of hydrogen-bond donors (Lipinski definition) is 0. The normalized spacial score (nSPS) is 11.3. The van der Waals surface area contributed by atoms with Crippen molar-refractivity contribution in [2.24, 2.45) is 0 Å². The van der Waals surface area contributed by atoms with E-state index in [4.69, 9.17) is 0 Å². The number of anilines is 1. The lowest BCUT2D eigenvalue weighted by atomic mass is 10.3.